The average molecular weight is 191 g/mol. The normalized spacial score (nSPS) is 13.5. The molecule has 2 rings (SSSR count). The molecule has 0 radical (unpaired) electrons. The monoisotopic (exact) mass is 191 g/mol. The van der Waals surface area contributed by atoms with Crippen LogP contribution in [0.3, 0.4) is 0 Å². The lowest BCUT2D eigenvalue weighted by molar-refractivity contribution is 0.839. The number of hydrogen-bond acceptors (Lipinski definition) is 2. The second-order valence-corrected chi connectivity index (χ2v) is 4.59. The van der Waals surface area contributed by atoms with Crippen molar-refractivity contribution >= 4 is 21.4 Å². The molecule has 0 aliphatic carbocycles. The van der Waals surface area contributed by atoms with E-state index in [1.165, 1.54) is 20.5 Å². The van der Waals surface area contributed by atoms with Gasteiger partial charge in [0, 0.05) is 15.6 Å². The highest BCUT2D eigenvalue weighted by Crippen LogP contribution is 2.29. The van der Waals surface area contributed by atoms with Gasteiger partial charge >= 0.3 is 0 Å². The predicted molar refractivity (Wildman–Crippen MR) is 59.2 cm³/mol. The zero-order valence-electron chi connectivity index (χ0n) is 7.87. The summed E-state index contributed by atoms with van der Waals surface area (Å²) < 4.78 is 1.33. The predicted octanol–water partition coefficient (Wildman–Crippen LogP) is 3.23. The molecule has 1 nitrogen and oxygen atoms in total. The highest BCUT2D eigenvalue weighted by Gasteiger charge is 2.04. The largest absolute Gasteiger partial charge is 0.324 e. The lowest BCUT2D eigenvalue weighted by Gasteiger charge is -1.96. The van der Waals surface area contributed by atoms with E-state index in [1.807, 2.05) is 6.92 Å². The number of fused-ring (bicyclic) bond motifs is 1. The Morgan fingerprint density at radius 2 is 2.08 bits per heavy atom. The van der Waals surface area contributed by atoms with Crippen LogP contribution in [-0.2, 0) is 0 Å². The number of aryl methyl sites for hydroxylation is 1. The van der Waals surface area contributed by atoms with Crippen LogP contribution < -0.4 is 5.73 Å². The first-order valence-corrected chi connectivity index (χ1v) is 5.24. The summed E-state index contributed by atoms with van der Waals surface area (Å²) in [6.07, 6.45) is 0. The van der Waals surface area contributed by atoms with Crippen LogP contribution in [0.15, 0.2) is 24.3 Å². The highest BCUT2D eigenvalue weighted by atomic mass is 32.1. The van der Waals surface area contributed by atoms with Gasteiger partial charge in [-0.25, -0.2) is 0 Å². The Balaban J connectivity index is 2.62. The molecule has 13 heavy (non-hydrogen) atoms. The Bertz CT molecular complexity index is 429. The second-order valence-electron chi connectivity index (χ2n) is 3.48. The fraction of sp³-hybridized carbons (Fsp3) is 0.273. The summed E-state index contributed by atoms with van der Waals surface area (Å²) in [6.45, 7) is 4.14. The first kappa shape index (κ1) is 8.73. The van der Waals surface area contributed by atoms with E-state index in [0.717, 1.165) is 0 Å². The van der Waals surface area contributed by atoms with E-state index in [1.54, 1.807) is 11.3 Å². The molecule has 2 aromatic rings. The van der Waals surface area contributed by atoms with Gasteiger partial charge < -0.3 is 5.73 Å². The van der Waals surface area contributed by atoms with Crippen LogP contribution in [-0.4, -0.2) is 0 Å². The Labute approximate surface area is 82.2 Å². The van der Waals surface area contributed by atoms with Crippen molar-refractivity contribution in [3.8, 4) is 0 Å². The molecule has 0 aliphatic rings. The van der Waals surface area contributed by atoms with Crippen molar-refractivity contribution in [2.75, 3.05) is 0 Å². The minimum atomic E-state index is 0.151. The molecule has 2 N–H and O–H groups in total. The maximum Gasteiger partial charge on any atom is 0.0361 e. The molecule has 0 unspecified atom stereocenters. The van der Waals surface area contributed by atoms with Gasteiger partial charge in [-0.2, -0.15) is 0 Å². The molecule has 0 spiro atoms. The maximum atomic E-state index is 5.83. The van der Waals surface area contributed by atoms with Crippen LogP contribution in [0.25, 0.3) is 10.1 Å². The third kappa shape index (κ3) is 1.60. The van der Waals surface area contributed by atoms with Gasteiger partial charge in [-0.1, -0.05) is 17.7 Å². The molecule has 0 amide bonds. The smallest absolute Gasteiger partial charge is 0.0361 e. The van der Waals surface area contributed by atoms with Crippen LogP contribution in [0.5, 0.6) is 0 Å². The number of nitrogens with two attached hydrogens (primary N) is 1. The number of rotatable bonds is 1. The fourth-order valence-corrected chi connectivity index (χ4v) is 2.41. The molecule has 0 saturated carbocycles. The molecule has 1 atom stereocenters. The fourth-order valence-electron chi connectivity index (χ4n) is 1.41. The molecule has 1 heterocycles. The number of thiophene rings is 1. The number of hydrogen-bond donors (Lipinski definition) is 1. The van der Waals surface area contributed by atoms with Gasteiger partial charge in [0.2, 0.25) is 0 Å². The summed E-state index contributed by atoms with van der Waals surface area (Å²) in [4.78, 5) is 1.26. The van der Waals surface area contributed by atoms with E-state index in [2.05, 4.69) is 31.2 Å². The minimum absolute atomic E-state index is 0.151. The summed E-state index contributed by atoms with van der Waals surface area (Å²) in [5.74, 6) is 0. The highest BCUT2D eigenvalue weighted by molar-refractivity contribution is 7.19. The van der Waals surface area contributed by atoms with E-state index >= 15 is 0 Å². The van der Waals surface area contributed by atoms with Crippen molar-refractivity contribution in [1.82, 2.24) is 0 Å². The molecule has 0 saturated heterocycles. The SMILES string of the molecule is Cc1ccc2sc([C@@H](C)N)cc2c1. The Morgan fingerprint density at radius 1 is 1.31 bits per heavy atom. The molecule has 1 aromatic carbocycles. The molecular weight excluding hydrogens is 178 g/mol. The van der Waals surface area contributed by atoms with E-state index in [-0.39, 0.29) is 6.04 Å². The van der Waals surface area contributed by atoms with Gasteiger partial charge in [0.05, 0.1) is 0 Å². The molecule has 2 heteroatoms. The summed E-state index contributed by atoms with van der Waals surface area (Å²) in [5.41, 5.74) is 7.13. The lowest BCUT2D eigenvalue weighted by atomic mass is 10.2. The van der Waals surface area contributed by atoms with Crippen molar-refractivity contribution in [2.45, 2.75) is 19.9 Å². The van der Waals surface area contributed by atoms with Gasteiger partial charge in [0.25, 0.3) is 0 Å². The van der Waals surface area contributed by atoms with Crippen LogP contribution in [0.1, 0.15) is 23.4 Å². The first-order chi connectivity index (χ1) is 6.16. The molecule has 0 bridgehead atoms. The number of benzene rings is 1. The van der Waals surface area contributed by atoms with E-state index in [9.17, 15) is 0 Å². The lowest BCUT2D eigenvalue weighted by Crippen LogP contribution is -2.01. The summed E-state index contributed by atoms with van der Waals surface area (Å²) in [6, 6.07) is 8.86. The quantitative estimate of drug-likeness (QED) is 0.735. The minimum Gasteiger partial charge on any atom is -0.324 e. The molecule has 68 valence electrons. The average Bonchev–Trinajstić information content (AvgIpc) is 2.46. The standard InChI is InChI=1S/C11H13NS/c1-7-3-4-10-9(5-7)6-11(13-10)8(2)12/h3-6,8H,12H2,1-2H3/t8-/m1/s1. The third-order valence-corrected chi connectivity index (χ3v) is 3.46. The van der Waals surface area contributed by atoms with Crippen molar-refractivity contribution in [3.05, 3.63) is 34.7 Å². The molecule has 0 aliphatic heterocycles. The zero-order valence-corrected chi connectivity index (χ0v) is 8.69. The van der Waals surface area contributed by atoms with Gasteiger partial charge in [-0.05, 0) is 31.4 Å². The molecular formula is C11H13NS. The van der Waals surface area contributed by atoms with E-state index in [0.29, 0.717) is 0 Å². The first-order valence-electron chi connectivity index (χ1n) is 4.42. The summed E-state index contributed by atoms with van der Waals surface area (Å²) >= 11 is 1.79. The second kappa shape index (κ2) is 3.13. The van der Waals surface area contributed by atoms with E-state index in [4.69, 9.17) is 5.73 Å². The van der Waals surface area contributed by atoms with Gasteiger partial charge in [-0.15, -0.1) is 11.3 Å². The maximum absolute atomic E-state index is 5.83. The Hall–Kier alpha value is -0.860. The van der Waals surface area contributed by atoms with Crippen LogP contribution in [0.4, 0.5) is 0 Å². The third-order valence-electron chi connectivity index (χ3n) is 2.14. The zero-order chi connectivity index (χ0) is 9.42. The summed E-state index contributed by atoms with van der Waals surface area (Å²) in [7, 11) is 0. The Morgan fingerprint density at radius 3 is 2.77 bits per heavy atom. The van der Waals surface area contributed by atoms with Crippen LogP contribution in [0.2, 0.25) is 0 Å². The summed E-state index contributed by atoms with van der Waals surface area (Å²) in [5, 5.41) is 1.32. The van der Waals surface area contributed by atoms with Crippen molar-refractivity contribution in [3.63, 3.8) is 0 Å². The van der Waals surface area contributed by atoms with E-state index < -0.39 is 0 Å². The van der Waals surface area contributed by atoms with Crippen LogP contribution >= 0.6 is 11.3 Å². The van der Waals surface area contributed by atoms with Crippen molar-refractivity contribution in [2.24, 2.45) is 5.73 Å². The van der Waals surface area contributed by atoms with Crippen LogP contribution in [0, 0.1) is 6.92 Å². The molecule has 0 fully saturated rings. The van der Waals surface area contributed by atoms with Gasteiger partial charge in [0.15, 0.2) is 0 Å². The Kier molecular flexibility index (Phi) is 2.10. The molecule has 1 aromatic heterocycles. The topological polar surface area (TPSA) is 26.0 Å². The van der Waals surface area contributed by atoms with Crippen molar-refractivity contribution < 1.29 is 0 Å². The van der Waals surface area contributed by atoms with Crippen molar-refractivity contribution in [1.29, 1.82) is 0 Å². The van der Waals surface area contributed by atoms with Gasteiger partial charge in [-0.3, -0.25) is 0 Å². The van der Waals surface area contributed by atoms with Gasteiger partial charge in [0.1, 0.15) is 0 Å².